The van der Waals surface area contributed by atoms with E-state index in [0.29, 0.717) is 12.1 Å². The van der Waals surface area contributed by atoms with E-state index in [0.717, 1.165) is 17.3 Å². The second-order valence-electron chi connectivity index (χ2n) is 7.61. The largest absolute Gasteiger partial charge is 0.352 e. The molecule has 0 unspecified atom stereocenters. The number of carbonyl (C=O) groups is 1. The first-order valence-corrected chi connectivity index (χ1v) is 12.6. The third kappa shape index (κ3) is 4.53. The number of hydrogen-bond acceptors (Lipinski definition) is 5. The van der Waals surface area contributed by atoms with Gasteiger partial charge in [-0.05, 0) is 55.0 Å². The zero-order chi connectivity index (χ0) is 22.7. The molecule has 0 spiro atoms. The van der Waals surface area contributed by atoms with Gasteiger partial charge in [0.15, 0.2) is 0 Å². The highest BCUT2D eigenvalue weighted by molar-refractivity contribution is 7.99. The van der Waals surface area contributed by atoms with Crippen molar-refractivity contribution in [3.63, 3.8) is 0 Å². The normalized spacial score (nSPS) is 12.9. The van der Waals surface area contributed by atoms with Crippen molar-refractivity contribution in [3.05, 3.63) is 78.4 Å². The molecule has 1 aliphatic rings. The van der Waals surface area contributed by atoms with E-state index in [9.17, 15) is 13.2 Å². The Morgan fingerprint density at radius 2 is 1.47 bits per heavy atom. The first-order chi connectivity index (χ1) is 15.4. The molecule has 0 atom stereocenters. The van der Waals surface area contributed by atoms with E-state index >= 15 is 0 Å². The van der Waals surface area contributed by atoms with Crippen LogP contribution >= 0.6 is 11.8 Å². The summed E-state index contributed by atoms with van der Waals surface area (Å²) in [6, 6.07) is 22.7. The van der Waals surface area contributed by atoms with Crippen molar-refractivity contribution in [2.45, 2.75) is 21.1 Å². The summed E-state index contributed by atoms with van der Waals surface area (Å²) in [6.07, 6.45) is 0.770. The van der Waals surface area contributed by atoms with Gasteiger partial charge in [-0.2, -0.15) is 0 Å². The quantitative estimate of drug-likeness (QED) is 0.523. The lowest BCUT2D eigenvalue weighted by molar-refractivity contribution is 0.0953. The molecule has 1 N–H and O–H groups in total. The van der Waals surface area contributed by atoms with Gasteiger partial charge in [0.1, 0.15) is 0 Å². The van der Waals surface area contributed by atoms with E-state index < -0.39 is 10.0 Å². The molecule has 0 saturated heterocycles. The predicted molar refractivity (Wildman–Crippen MR) is 128 cm³/mol. The second kappa shape index (κ2) is 9.36. The average Bonchev–Trinajstić information content (AvgIpc) is 2.81. The number of sulfonamides is 1. The Bertz CT molecular complexity index is 1180. The highest BCUT2D eigenvalue weighted by Gasteiger charge is 2.22. The molecule has 0 fully saturated rings. The third-order valence-electron chi connectivity index (χ3n) is 5.27. The molecule has 8 heteroatoms. The Labute approximate surface area is 193 Å². The summed E-state index contributed by atoms with van der Waals surface area (Å²) in [5.41, 5.74) is 2.80. The van der Waals surface area contributed by atoms with Crippen molar-refractivity contribution in [2.24, 2.45) is 0 Å². The highest BCUT2D eigenvalue weighted by Crippen LogP contribution is 2.47. The van der Waals surface area contributed by atoms with Gasteiger partial charge in [0.2, 0.25) is 10.0 Å². The van der Waals surface area contributed by atoms with E-state index in [-0.39, 0.29) is 10.8 Å². The molecule has 0 aromatic heterocycles. The Balaban J connectivity index is 1.38. The van der Waals surface area contributed by atoms with E-state index in [1.807, 2.05) is 24.3 Å². The van der Waals surface area contributed by atoms with Crippen molar-refractivity contribution in [2.75, 3.05) is 32.1 Å². The average molecular weight is 468 g/mol. The van der Waals surface area contributed by atoms with Crippen LogP contribution in [0.3, 0.4) is 0 Å². The number of benzene rings is 3. The molecule has 1 amide bonds. The van der Waals surface area contributed by atoms with Crippen LogP contribution in [0.1, 0.15) is 16.8 Å². The Morgan fingerprint density at radius 1 is 0.906 bits per heavy atom. The molecular formula is C24H25N3O3S2. The number of anilines is 2. The van der Waals surface area contributed by atoms with Gasteiger partial charge in [0, 0.05) is 42.5 Å². The molecule has 0 radical (unpaired) electrons. The lowest BCUT2D eigenvalue weighted by atomic mass is 10.2. The summed E-state index contributed by atoms with van der Waals surface area (Å²) in [5, 5.41) is 2.94. The zero-order valence-corrected chi connectivity index (χ0v) is 19.6. The van der Waals surface area contributed by atoms with Gasteiger partial charge < -0.3 is 10.2 Å². The number of amides is 1. The van der Waals surface area contributed by atoms with Crippen LogP contribution in [0.2, 0.25) is 0 Å². The van der Waals surface area contributed by atoms with Crippen LogP contribution < -0.4 is 10.2 Å². The monoisotopic (exact) mass is 467 g/mol. The summed E-state index contributed by atoms with van der Waals surface area (Å²) < 4.78 is 25.5. The van der Waals surface area contributed by atoms with Crippen LogP contribution in [0, 0.1) is 0 Å². The Morgan fingerprint density at radius 3 is 2.03 bits per heavy atom. The predicted octanol–water partition coefficient (Wildman–Crippen LogP) is 4.36. The van der Waals surface area contributed by atoms with Crippen molar-refractivity contribution in [1.29, 1.82) is 0 Å². The molecule has 4 rings (SSSR count). The summed E-state index contributed by atoms with van der Waals surface area (Å²) in [6.45, 7) is 1.29. The van der Waals surface area contributed by atoms with Gasteiger partial charge in [0.25, 0.3) is 5.91 Å². The Kier molecular flexibility index (Phi) is 6.55. The first-order valence-electron chi connectivity index (χ1n) is 10.3. The number of para-hydroxylation sites is 2. The lowest BCUT2D eigenvalue weighted by Crippen LogP contribution is -2.29. The molecule has 32 heavy (non-hydrogen) atoms. The van der Waals surface area contributed by atoms with Crippen LogP contribution in [-0.4, -0.2) is 45.8 Å². The molecule has 6 nitrogen and oxygen atoms in total. The fraction of sp³-hybridized carbons (Fsp3) is 0.208. The first kappa shape index (κ1) is 22.4. The van der Waals surface area contributed by atoms with Crippen molar-refractivity contribution < 1.29 is 13.2 Å². The molecule has 0 bridgehead atoms. The summed E-state index contributed by atoms with van der Waals surface area (Å²) in [5.74, 6) is -0.214. The van der Waals surface area contributed by atoms with Gasteiger partial charge in [-0.1, -0.05) is 36.0 Å². The molecule has 3 aromatic rings. The Hall–Kier alpha value is -2.81. The maximum Gasteiger partial charge on any atom is 0.251 e. The van der Waals surface area contributed by atoms with Crippen LogP contribution in [0.5, 0.6) is 0 Å². The summed E-state index contributed by atoms with van der Waals surface area (Å²) >= 11 is 1.77. The minimum Gasteiger partial charge on any atom is -0.352 e. The second-order valence-corrected chi connectivity index (χ2v) is 10.8. The van der Waals surface area contributed by atoms with E-state index in [2.05, 4.69) is 34.5 Å². The van der Waals surface area contributed by atoms with Crippen LogP contribution in [0.4, 0.5) is 11.4 Å². The molecule has 1 aliphatic heterocycles. The number of fused-ring (bicyclic) bond motifs is 2. The zero-order valence-electron chi connectivity index (χ0n) is 18.0. The van der Waals surface area contributed by atoms with Crippen LogP contribution in [0.25, 0.3) is 0 Å². The van der Waals surface area contributed by atoms with Gasteiger partial charge in [-0.15, -0.1) is 0 Å². The summed E-state index contributed by atoms with van der Waals surface area (Å²) in [4.78, 5) is 17.4. The number of carbonyl (C=O) groups excluding carboxylic acids is 1. The van der Waals surface area contributed by atoms with Gasteiger partial charge in [0.05, 0.1) is 16.3 Å². The summed E-state index contributed by atoms with van der Waals surface area (Å²) in [7, 11) is -0.547. The fourth-order valence-corrected chi connectivity index (χ4v) is 5.55. The maximum absolute atomic E-state index is 12.5. The fourth-order valence-electron chi connectivity index (χ4n) is 3.55. The standard InChI is InChI=1S/C24H25N3O3S2/c1-26(2)32(29,30)19-14-12-18(13-15-19)24(28)25-16-7-17-27-20-8-3-5-10-22(20)31-23-11-6-4-9-21(23)27/h3-6,8-15H,7,16-17H2,1-2H3,(H,25,28). The highest BCUT2D eigenvalue weighted by atomic mass is 32.2. The van der Waals surface area contributed by atoms with Gasteiger partial charge in [-0.25, -0.2) is 12.7 Å². The number of nitrogens with one attached hydrogen (secondary N) is 1. The molecule has 1 heterocycles. The lowest BCUT2D eigenvalue weighted by Gasteiger charge is -2.32. The topological polar surface area (TPSA) is 69.7 Å². The maximum atomic E-state index is 12.5. The van der Waals surface area contributed by atoms with Crippen molar-refractivity contribution >= 4 is 39.1 Å². The van der Waals surface area contributed by atoms with E-state index in [1.54, 1.807) is 23.9 Å². The number of rotatable bonds is 7. The van der Waals surface area contributed by atoms with Crippen molar-refractivity contribution in [3.8, 4) is 0 Å². The molecule has 0 saturated carbocycles. The number of nitrogens with zero attached hydrogens (tertiary/aromatic N) is 2. The smallest absolute Gasteiger partial charge is 0.251 e. The van der Waals surface area contributed by atoms with E-state index in [1.165, 1.54) is 47.4 Å². The van der Waals surface area contributed by atoms with Crippen LogP contribution in [-0.2, 0) is 10.0 Å². The minimum absolute atomic E-state index is 0.166. The molecule has 0 aliphatic carbocycles. The third-order valence-corrected chi connectivity index (χ3v) is 8.23. The van der Waals surface area contributed by atoms with E-state index in [4.69, 9.17) is 0 Å². The van der Waals surface area contributed by atoms with Gasteiger partial charge in [-0.3, -0.25) is 4.79 Å². The van der Waals surface area contributed by atoms with Crippen molar-refractivity contribution in [1.82, 2.24) is 9.62 Å². The molecule has 3 aromatic carbocycles. The number of hydrogen-bond donors (Lipinski definition) is 1. The minimum atomic E-state index is -3.51. The van der Waals surface area contributed by atoms with Crippen LogP contribution in [0.15, 0.2) is 87.5 Å². The molecule has 166 valence electrons. The molecular weight excluding hydrogens is 442 g/mol. The SMILES string of the molecule is CN(C)S(=O)(=O)c1ccc(C(=O)NCCCN2c3ccccc3Sc3ccccc32)cc1. The van der Waals surface area contributed by atoms with Gasteiger partial charge >= 0.3 is 0 Å².